The van der Waals surface area contributed by atoms with Crippen molar-refractivity contribution in [3.05, 3.63) is 53.2 Å². The van der Waals surface area contributed by atoms with Gasteiger partial charge in [0.05, 0.1) is 48.8 Å². The van der Waals surface area contributed by atoms with E-state index in [4.69, 9.17) is 19.4 Å². The summed E-state index contributed by atoms with van der Waals surface area (Å²) < 4.78 is 11.6. The number of rotatable bonds is 10. The van der Waals surface area contributed by atoms with Gasteiger partial charge in [0.2, 0.25) is 5.95 Å². The number of hydrogen-bond donors (Lipinski definition) is 1. The fourth-order valence-electron chi connectivity index (χ4n) is 4.19. The van der Waals surface area contributed by atoms with Gasteiger partial charge in [-0.2, -0.15) is 0 Å². The molecule has 5 rings (SSSR count). The molecule has 0 aliphatic carbocycles. The maximum atomic E-state index is 11.9. The third-order valence-corrected chi connectivity index (χ3v) is 8.13. The van der Waals surface area contributed by atoms with Crippen molar-refractivity contribution in [2.24, 2.45) is 0 Å². The van der Waals surface area contributed by atoms with Crippen LogP contribution in [0.1, 0.15) is 22.2 Å². The lowest BCUT2D eigenvalue weighted by Crippen LogP contribution is -2.36. The minimum Gasteiger partial charge on any atom is -0.462 e. The number of aromatic nitrogens is 4. The van der Waals surface area contributed by atoms with Gasteiger partial charge in [0.15, 0.2) is 11.6 Å². The SMILES string of the molecule is CCOC(=O)c1cnc(N(C)Cc2cc3nc(-c4cccc(SCCO)c4)nc(N4CCOCC4)c3s2)nc1. The van der Waals surface area contributed by atoms with Gasteiger partial charge >= 0.3 is 5.97 Å². The van der Waals surface area contributed by atoms with Crippen LogP contribution in [0.15, 0.2) is 47.6 Å². The summed E-state index contributed by atoms with van der Waals surface area (Å²) in [7, 11) is 1.92. The summed E-state index contributed by atoms with van der Waals surface area (Å²) in [6.07, 6.45) is 2.98. The van der Waals surface area contributed by atoms with E-state index < -0.39 is 5.97 Å². The zero-order chi connectivity index (χ0) is 27.2. The molecule has 1 aromatic carbocycles. The van der Waals surface area contributed by atoms with Gasteiger partial charge in [-0.3, -0.25) is 0 Å². The van der Waals surface area contributed by atoms with E-state index in [1.54, 1.807) is 30.0 Å². The first-order valence-electron chi connectivity index (χ1n) is 12.7. The zero-order valence-electron chi connectivity index (χ0n) is 21.9. The normalized spacial score (nSPS) is 13.6. The monoisotopic (exact) mass is 566 g/mol. The molecule has 4 heterocycles. The van der Waals surface area contributed by atoms with Crippen molar-refractivity contribution in [3.63, 3.8) is 0 Å². The molecule has 204 valence electrons. The van der Waals surface area contributed by atoms with Gasteiger partial charge in [-0.25, -0.2) is 24.7 Å². The fourth-order valence-corrected chi connectivity index (χ4v) is 6.07. The average Bonchev–Trinajstić information content (AvgIpc) is 3.38. The van der Waals surface area contributed by atoms with Crippen LogP contribution in [-0.4, -0.2) is 83.3 Å². The maximum Gasteiger partial charge on any atom is 0.341 e. The highest BCUT2D eigenvalue weighted by Crippen LogP contribution is 2.35. The molecule has 0 unspecified atom stereocenters. The second-order valence-electron chi connectivity index (χ2n) is 8.85. The Morgan fingerprint density at radius 1 is 1.21 bits per heavy atom. The van der Waals surface area contributed by atoms with Gasteiger partial charge in [0, 0.05) is 53.6 Å². The maximum absolute atomic E-state index is 11.9. The number of ether oxygens (including phenoxy) is 2. The van der Waals surface area contributed by atoms with E-state index in [-0.39, 0.29) is 6.61 Å². The number of carbonyl (C=O) groups excluding carboxylic acids is 1. The summed E-state index contributed by atoms with van der Waals surface area (Å²) in [4.78, 5) is 37.0. The van der Waals surface area contributed by atoms with Crippen molar-refractivity contribution in [1.29, 1.82) is 0 Å². The van der Waals surface area contributed by atoms with E-state index >= 15 is 0 Å². The summed E-state index contributed by atoms with van der Waals surface area (Å²) in [6.45, 7) is 5.63. The van der Waals surface area contributed by atoms with E-state index in [9.17, 15) is 9.90 Å². The Balaban J connectivity index is 1.45. The number of esters is 1. The molecule has 1 fully saturated rings. The largest absolute Gasteiger partial charge is 0.462 e. The number of morpholine rings is 1. The van der Waals surface area contributed by atoms with Crippen LogP contribution in [0.2, 0.25) is 0 Å². The van der Waals surface area contributed by atoms with Crippen molar-refractivity contribution in [1.82, 2.24) is 19.9 Å². The van der Waals surface area contributed by atoms with Gasteiger partial charge in [0.25, 0.3) is 0 Å². The molecule has 0 spiro atoms. The van der Waals surface area contributed by atoms with E-state index in [1.165, 1.54) is 12.4 Å². The first-order valence-corrected chi connectivity index (χ1v) is 14.5. The molecule has 10 nitrogen and oxygen atoms in total. The molecular weight excluding hydrogens is 536 g/mol. The third-order valence-electron chi connectivity index (χ3n) is 6.05. The van der Waals surface area contributed by atoms with Crippen LogP contribution >= 0.6 is 23.1 Å². The van der Waals surface area contributed by atoms with Gasteiger partial charge in [-0.15, -0.1) is 23.1 Å². The second kappa shape index (κ2) is 12.7. The molecule has 39 heavy (non-hydrogen) atoms. The van der Waals surface area contributed by atoms with Gasteiger partial charge < -0.3 is 24.4 Å². The standard InChI is InChI=1S/C27H30N6O4S2/c1-3-37-26(35)19-15-28-27(29-16-19)32(2)17-21-14-22-23(39-21)25(33-7-10-36-11-8-33)31-24(30-22)18-5-4-6-20(13-18)38-12-9-34/h4-6,13-16,34H,3,7-12,17H2,1-2H3. The number of aliphatic hydroxyl groups excluding tert-OH is 1. The Morgan fingerprint density at radius 3 is 2.74 bits per heavy atom. The van der Waals surface area contributed by atoms with E-state index in [0.29, 0.717) is 49.5 Å². The summed E-state index contributed by atoms with van der Waals surface area (Å²) in [5, 5.41) is 9.21. The Labute approximate surface area is 235 Å². The van der Waals surface area contributed by atoms with Crippen LogP contribution in [0.25, 0.3) is 21.6 Å². The Kier molecular flexibility index (Phi) is 8.87. The van der Waals surface area contributed by atoms with Crippen molar-refractivity contribution in [3.8, 4) is 11.4 Å². The smallest absolute Gasteiger partial charge is 0.341 e. The van der Waals surface area contributed by atoms with Crippen LogP contribution < -0.4 is 9.80 Å². The molecule has 0 amide bonds. The summed E-state index contributed by atoms with van der Waals surface area (Å²) in [5.74, 6) is 2.31. The van der Waals surface area contributed by atoms with E-state index in [2.05, 4.69) is 27.0 Å². The summed E-state index contributed by atoms with van der Waals surface area (Å²) in [5.41, 5.74) is 2.16. The first kappa shape index (κ1) is 27.3. The molecule has 0 radical (unpaired) electrons. The minimum atomic E-state index is -0.432. The summed E-state index contributed by atoms with van der Waals surface area (Å²) >= 11 is 3.27. The number of benzene rings is 1. The lowest BCUT2D eigenvalue weighted by Gasteiger charge is -2.28. The van der Waals surface area contributed by atoms with E-state index in [1.807, 2.05) is 30.1 Å². The van der Waals surface area contributed by atoms with Crippen LogP contribution in [0, 0.1) is 0 Å². The number of thioether (sulfide) groups is 1. The Morgan fingerprint density at radius 2 is 2.00 bits per heavy atom. The van der Waals surface area contributed by atoms with Crippen molar-refractivity contribution in [2.45, 2.75) is 18.4 Å². The molecule has 1 N–H and O–H groups in total. The van der Waals surface area contributed by atoms with E-state index in [0.717, 1.165) is 44.5 Å². The Hall–Kier alpha value is -3.32. The molecule has 1 aliphatic heterocycles. The topological polar surface area (TPSA) is 114 Å². The van der Waals surface area contributed by atoms with Crippen molar-refractivity contribution < 1.29 is 19.4 Å². The highest BCUT2D eigenvalue weighted by atomic mass is 32.2. The van der Waals surface area contributed by atoms with Crippen LogP contribution in [0.5, 0.6) is 0 Å². The van der Waals surface area contributed by atoms with Crippen LogP contribution in [-0.2, 0) is 16.0 Å². The highest BCUT2D eigenvalue weighted by Gasteiger charge is 2.21. The molecule has 1 saturated heterocycles. The number of anilines is 2. The number of fused-ring (bicyclic) bond motifs is 1. The number of aliphatic hydroxyl groups is 1. The lowest BCUT2D eigenvalue weighted by atomic mass is 10.2. The molecular formula is C27H30N6O4S2. The van der Waals surface area contributed by atoms with Crippen LogP contribution in [0.3, 0.4) is 0 Å². The number of thiophene rings is 1. The highest BCUT2D eigenvalue weighted by molar-refractivity contribution is 7.99. The molecule has 12 heteroatoms. The quantitative estimate of drug-likeness (QED) is 0.223. The third kappa shape index (κ3) is 6.47. The average molecular weight is 567 g/mol. The van der Waals surface area contributed by atoms with Gasteiger partial charge in [-0.1, -0.05) is 12.1 Å². The minimum absolute atomic E-state index is 0.130. The number of nitrogens with zero attached hydrogens (tertiary/aromatic N) is 6. The molecule has 0 saturated carbocycles. The molecule has 3 aromatic heterocycles. The van der Waals surface area contributed by atoms with Crippen LogP contribution in [0.4, 0.5) is 11.8 Å². The predicted octanol–water partition coefficient (Wildman–Crippen LogP) is 3.88. The van der Waals surface area contributed by atoms with Gasteiger partial charge in [0.1, 0.15) is 0 Å². The predicted molar refractivity (Wildman–Crippen MR) is 154 cm³/mol. The zero-order valence-corrected chi connectivity index (χ0v) is 23.5. The second-order valence-corrected chi connectivity index (χ2v) is 11.2. The Bertz CT molecular complexity index is 1430. The molecule has 4 aromatic rings. The van der Waals surface area contributed by atoms with Crippen molar-refractivity contribution in [2.75, 3.05) is 62.1 Å². The fraction of sp³-hybridized carbons (Fsp3) is 0.370. The first-order chi connectivity index (χ1) is 19.1. The summed E-state index contributed by atoms with van der Waals surface area (Å²) in [6, 6.07) is 10.2. The number of carbonyl (C=O) groups is 1. The van der Waals surface area contributed by atoms with Gasteiger partial charge in [-0.05, 0) is 25.1 Å². The lowest BCUT2D eigenvalue weighted by molar-refractivity contribution is 0.0525. The van der Waals surface area contributed by atoms with Crippen molar-refractivity contribution >= 4 is 51.1 Å². The number of hydrogen-bond acceptors (Lipinski definition) is 12. The molecule has 1 aliphatic rings. The molecule has 0 atom stereocenters. The molecule has 0 bridgehead atoms.